The van der Waals surface area contributed by atoms with Gasteiger partial charge in [0.1, 0.15) is 0 Å². The van der Waals surface area contributed by atoms with Crippen molar-refractivity contribution in [3.63, 3.8) is 0 Å². The first-order chi connectivity index (χ1) is 8.96. The van der Waals surface area contributed by atoms with E-state index in [0.29, 0.717) is 0 Å². The molecule has 0 amide bonds. The maximum absolute atomic E-state index is 4.19. The van der Waals surface area contributed by atoms with Gasteiger partial charge in [-0.05, 0) is 64.8 Å². The second-order valence-electron chi connectivity index (χ2n) is 6.81. The Kier molecular flexibility index (Phi) is 4.58. The molecule has 0 aliphatic heterocycles. The zero-order valence-corrected chi connectivity index (χ0v) is 12.7. The van der Waals surface area contributed by atoms with Crippen molar-refractivity contribution in [2.45, 2.75) is 51.7 Å². The van der Waals surface area contributed by atoms with Crippen molar-refractivity contribution in [1.29, 1.82) is 0 Å². The Hall–Kier alpha value is -0.930. The van der Waals surface area contributed by atoms with E-state index in [1.165, 1.54) is 18.4 Å². The van der Waals surface area contributed by atoms with Crippen LogP contribution in [0.5, 0.6) is 0 Å². The fourth-order valence-electron chi connectivity index (χ4n) is 2.70. The predicted octanol–water partition coefficient (Wildman–Crippen LogP) is 2.68. The number of nitrogens with zero attached hydrogens (tertiary/aromatic N) is 2. The molecular weight excluding hydrogens is 234 g/mol. The van der Waals surface area contributed by atoms with Crippen LogP contribution in [0.3, 0.4) is 0 Å². The third-order valence-electron chi connectivity index (χ3n) is 3.99. The molecule has 1 saturated carbocycles. The zero-order chi connectivity index (χ0) is 13.9. The van der Waals surface area contributed by atoms with Crippen LogP contribution in [-0.4, -0.2) is 35.1 Å². The Balaban J connectivity index is 1.81. The zero-order valence-electron chi connectivity index (χ0n) is 12.7. The minimum absolute atomic E-state index is 0.224. The maximum atomic E-state index is 4.19. The Morgan fingerprint density at radius 2 is 2.16 bits per heavy atom. The van der Waals surface area contributed by atoms with Crippen molar-refractivity contribution in [3.8, 4) is 0 Å². The van der Waals surface area contributed by atoms with Crippen molar-refractivity contribution >= 4 is 0 Å². The number of pyridine rings is 1. The minimum atomic E-state index is 0.224. The van der Waals surface area contributed by atoms with Gasteiger partial charge >= 0.3 is 0 Å². The fraction of sp³-hybridized carbons (Fsp3) is 0.688. The van der Waals surface area contributed by atoms with Crippen molar-refractivity contribution in [3.05, 3.63) is 30.1 Å². The molecule has 19 heavy (non-hydrogen) atoms. The maximum Gasteiger partial charge on any atom is 0.0312 e. The van der Waals surface area contributed by atoms with Gasteiger partial charge in [0.05, 0.1) is 0 Å². The van der Waals surface area contributed by atoms with E-state index in [1.807, 2.05) is 18.5 Å². The van der Waals surface area contributed by atoms with Crippen LogP contribution < -0.4 is 5.32 Å². The molecule has 0 bridgehead atoms. The summed E-state index contributed by atoms with van der Waals surface area (Å²) in [7, 11) is 2.24. The molecule has 2 atom stereocenters. The summed E-state index contributed by atoms with van der Waals surface area (Å²) in [5.74, 6) is 0.792. The summed E-state index contributed by atoms with van der Waals surface area (Å²) < 4.78 is 0. The molecule has 1 heterocycles. The van der Waals surface area contributed by atoms with Gasteiger partial charge in [0.2, 0.25) is 0 Å². The van der Waals surface area contributed by atoms with Crippen LogP contribution in [0.4, 0.5) is 0 Å². The number of rotatable bonds is 5. The molecule has 1 aliphatic carbocycles. The molecule has 1 fully saturated rings. The van der Waals surface area contributed by atoms with E-state index >= 15 is 0 Å². The van der Waals surface area contributed by atoms with Gasteiger partial charge < -0.3 is 5.32 Å². The van der Waals surface area contributed by atoms with Gasteiger partial charge in [-0.25, -0.2) is 0 Å². The van der Waals surface area contributed by atoms with Crippen LogP contribution in [0.15, 0.2) is 24.5 Å². The lowest BCUT2D eigenvalue weighted by Crippen LogP contribution is -2.51. The van der Waals surface area contributed by atoms with Crippen molar-refractivity contribution in [2.24, 2.45) is 5.92 Å². The number of hydrogen-bond acceptors (Lipinski definition) is 3. The van der Waals surface area contributed by atoms with Gasteiger partial charge in [-0.2, -0.15) is 0 Å². The fourth-order valence-corrected chi connectivity index (χ4v) is 2.70. The highest BCUT2D eigenvalue weighted by Gasteiger charge is 2.34. The second kappa shape index (κ2) is 6.02. The Morgan fingerprint density at radius 3 is 2.68 bits per heavy atom. The lowest BCUT2D eigenvalue weighted by atomic mass is 9.78. The summed E-state index contributed by atoms with van der Waals surface area (Å²) in [6.45, 7) is 8.84. The lowest BCUT2D eigenvalue weighted by Gasteiger charge is -2.44. The highest BCUT2D eigenvalue weighted by Crippen LogP contribution is 2.32. The number of hydrogen-bond donors (Lipinski definition) is 1. The average molecular weight is 261 g/mol. The summed E-state index contributed by atoms with van der Waals surface area (Å²) in [5.41, 5.74) is 1.53. The predicted molar refractivity (Wildman–Crippen MR) is 80.0 cm³/mol. The molecule has 0 spiro atoms. The molecule has 2 rings (SSSR count). The first-order valence-corrected chi connectivity index (χ1v) is 7.30. The molecule has 0 radical (unpaired) electrons. The van der Waals surface area contributed by atoms with Gasteiger partial charge in [0.15, 0.2) is 0 Å². The lowest BCUT2D eigenvalue weighted by molar-refractivity contribution is 0.0737. The van der Waals surface area contributed by atoms with Crippen LogP contribution >= 0.6 is 0 Å². The van der Waals surface area contributed by atoms with Crippen molar-refractivity contribution in [2.75, 3.05) is 13.6 Å². The second-order valence-corrected chi connectivity index (χ2v) is 6.81. The third-order valence-corrected chi connectivity index (χ3v) is 3.99. The quantitative estimate of drug-likeness (QED) is 0.883. The van der Waals surface area contributed by atoms with Crippen LogP contribution in [-0.2, 0) is 6.54 Å². The SMILES string of the molecule is CN(Cc1cccnc1)C1CCC1CNC(C)(C)C. The highest BCUT2D eigenvalue weighted by molar-refractivity contribution is 5.08. The van der Waals surface area contributed by atoms with E-state index in [9.17, 15) is 0 Å². The molecule has 1 aliphatic rings. The highest BCUT2D eigenvalue weighted by atomic mass is 15.1. The van der Waals surface area contributed by atoms with Gasteiger partial charge in [-0.3, -0.25) is 9.88 Å². The Labute approximate surface area is 117 Å². The standard InChI is InChI=1S/C16H27N3/c1-16(2,3)18-11-14-7-8-15(14)19(4)12-13-6-5-9-17-10-13/h5-6,9-10,14-15,18H,7-8,11-12H2,1-4H3. The van der Waals surface area contributed by atoms with E-state index < -0.39 is 0 Å². The summed E-state index contributed by atoms with van der Waals surface area (Å²) in [6.07, 6.45) is 6.48. The molecule has 3 heteroatoms. The first kappa shape index (κ1) is 14.5. The van der Waals surface area contributed by atoms with Crippen LogP contribution in [0, 0.1) is 5.92 Å². The van der Waals surface area contributed by atoms with Crippen LogP contribution in [0.2, 0.25) is 0 Å². The average Bonchev–Trinajstić information content (AvgIpc) is 2.27. The molecule has 1 aromatic heterocycles. The monoisotopic (exact) mass is 261 g/mol. The van der Waals surface area contributed by atoms with Gasteiger partial charge in [0.25, 0.3) is 0 Å². The molecule has 3 nitrogen and oxygen atoms in total. The molecular formula is C16H27N3. The summed E-state index contributed by atoms with van der Waals surface area (Å²) >= 11 is 0. The molecule has 0 saturated heterocycles. The first-order valence-electron chi connectivity index (χ1n) is 7.30. The summed E-state index contributed by atoms with van der Waals surface area (Å²) in [5, 5.41) is 3.63. The van der Waals surface area contributed by atoms with Gasteiger partial charge in [-0.15, -0.1) is 0 Å². The van der Waals surface area contributed by atoms with Gasteiger partial charge in [-0.1, -0.05) is 6.07 Å². The molecule has 1 aromatic rings. The number of nitrogens with one attached hydrogen (secondary N) is 1. The van der Waals surface area contributed by atoms with Gasteiger partial charge in [0, 0.05) is 30.5 Å². The van der Waals surface area contributed by atoms with E-state index in [4.69, 9.17) is 0 Å². The topological polar surface area (TPSA) is 28.2 Å². The molecule has 2 unspecified atom stereocenters. The summed E-state index contributed by atoms with van der Waals surface area (Å²) in [4.78, 5) is 6.67. The number of aromatic nitrogens is 1. The largest absolute Gasteiger partial charge is 0.312 e. The van der Waals surface area contributed by atoms with Crippen LogP contribution in [0.25, 0.3) is 0 Å². The van der Waals surface area contributed by atoms with Crippen molar-refractivity contribution < 1.29 is 0 Å². The third kappa shape index (κ3) is 4.29. The minimum Gasteiger partial charge on any atom is -0.312 e. The smallest absolute Gasteiger partial charge is 0.0312 e. The molecule has 1 N–H and O–H groups in total. The van der Waals surface area contributed by atoms with Crippen molar-refractivity contribution in [1.82, 2.24) is 15.2 Å². The molecule has 106 valence electrons. The summed E-state index contributed by atoms with van der Waals surface area (Å²) in [6, 6.07) is 4.89. The Bertz CT molecular complexity index is 383. The van der Waals surface area contributed by atoms with Crippen LogP contribution in [0.1, 0.15) is 39.2 Å². The van der Waals surface area contributed by atoms with E-state index in [2.05, 4.69) is 49.1 Å². The van der Waals surface area contributed by atoms with E-state index in [1.54, 1.807) is 0 Å². The molecule has 0 aromatic carbocycles. The normalized spacial score (nSPS) is 23.4. The van der Waals surface area contributed by atoms with E-state index in [0.717, 1.165) is 25.0 Å². The Morgan fingerprint density at radius 1 is 1.37 bits per heavy atom. The van der Waals surface area contributed by atoms with E-state index in [-0.39, 0.29) is 5.54 Å².